The summed E-state index contributed by atoms with van der Waals surface area (Å²) in [5, 5.41) is 4.14. The number of benzene rings is 6. The van der Waals surface area contributed by atoms with E-state index in [0.717, 1.165) is 30.9 Å². The van der Waals surface area contributed by atoms with Crippen LogP contribution in [0, 0.1) is 0 Å². The molecule has 0 N–H and O–H groups in total. The van der Waals surface area contributed by atoms with E-state index in [1.165, 1.54) is 0 Å². The van der Waals surface area contributed by atoms with Crippen LogP contribution in [-0.4, -0.2) is 0 Å². The molecule has 0 unspecified atom stereocenters. The lowest BCUT2D eigenvalue weighted by atomic mass is 9.91. The average molecular weight is 420 g/mol. The fourth-order valence-corrected chi connectivity index (χ4v) is 5.53. The molecule has 144 valence electrons. The first-order chi connectivity index (χ1) is 19.1. The normalized spacial score (nSPS) is 15.9. The first kappa shape index (κ1) is 10.6. The molecule has 0 aliphatic heterocycles. The Morgan fingerprint density at radius 1 is 0.581 bits per heavy atom. The van der Waals surface area contributed by atoms with Crippen molar-refractivity contribution in [2.75, 3.05) is 0 Å². The summed E-state index contributed by atoms with van der Waals surface area (Å²) in [5.74, 6) is 0. The molecule has 0 atom stereocenters. The number of thiophene rings is 1. The molecule has 0 nitrogen and oxygen atoms in total. The summed E-state index contributed by atoms with van der Waals surface area (Å²) >= 11 is 1.64. The third-order valence-electron chi connectivity index (χ3n) is 5.77. The van der Waals surface area contributed by atoms with Crippen molar-refractivity contribution in [1.82, 2.24) is 0 Å². The number of hydrogen-bond acceptors (Lipinski definition) is 1. The van der Waals surface area contributed by atoms with Crippen molar-refractivity contribution in [3.8, 4) is 11.1 Å². The molecule has 0 aliphatic rings. The van der Waals surface area contributed by atoms with Gasteiger partial charge in [0.25, 0.3) is 0 Å². The minimum absolute atomic E-state index is 0.0669. The smallest absolute Gasteiger partial charge is 0.0636 e. The lowest BCUT2D eigenvalue weighted by Gasteiger charge is -2.12. The Balaban J connectivity index is 1.76. The van der Waals surface area contributed by atoms with Crippen LogP contribution in [-0.2, 0) is 0 Å². The van der Waals surface area contributed by atoms with Gasteiger partial charge in [0.1, 0.15) is 0 Å². The third-order valence-corrected chi connectivity index (χ3v) is 6.91. The quantitative estimate of drug-likeness (QED) is 0.233. The summed E-state index contributed by atoms with van der Waals surface area (Å²) in [6, 6.07) is 14.1. The second kappa shape index (κ2) is 6.41. The molecule has 0 amide bonds. The average Bonchev–Trinajstić information content (AvgIpc) is 3.34. The molecule has 0 bridgehead atoms. The zero-order chi connectivity index (χ0) is 28.2. The first-order valence-corrected chi connectivity index (χ1v) is 10.7. The molecule has 1 heterocycles. The molecule has 0 saturated heterocycles. The molecule has 6 aromatic carbocycles. The lowest BCUT2D eigenvalue weighted by molar-refractivity contribution is 1.72. The molecule has 0 radical (unpaired) electrons. The monoisotopic (exact) mass is 419 g/mol. The molecule has 7 rings (SSSR count). The third kappa shape index (κ3) is 2.47. The Morgan fingerprint density at radius 2 is 1.29 bits per heavy atom. The second-order valence-electron chi connectivity index (χ2n) is 7.47. The highest BCUT2D eigenvalue weighted by molar-refractivity contribution is 7.26. The Bertz CT molecular complexity index is 2190. The standard InChI is InChI=1S/C30H18S/c1-4-10-23-19(7-1)13-16-28-30(23)26-18-22(14-15-27(26)31-28)29-24-11-5-2-8-20(24)17-21-9-3-6-12-25(21)29/h1-18H/i2D,3D,5D,6D,8D,9D,11D,12D,17D. The highest BCUT2D eigenvalue weighted by Crippen LogP contribution is 2.42. The maximum atomic E-state index is 8.91. The predicted molar refractivity (Wildman–Crippen MR) is 137 cm³/mol. The first-order valence-electron chi connectivity index (χ1n) is 14.4. The van der Waals surface area contributed by atoms with E-state index in [9.17, 15) is 0 Å². The van der Waals surface area contributed by atoms with Gasteiger partial charge in [-0.1, -0.05) is 84.7 Å². The van der Waals surface area contributed by atoms with Crippen molar-refractivity contribution < 1.29 is 12.3 Å². The van der Waals surface area contributed by atoms with Crippen LogP contribution in [0.4, 0.5) is 0 Å². The second-order valence-corrected chi connectivity index (χ2v) is 8.56. The van der Waals surface area contributed by atoms with Gasteiger partial charge >= 0.3 is 0 Å². The van der Waals surface area contributed by atoms with E-state index in [1.54, 1.807) is 11.3 Å². The van der Waals surface area contributed by atoms with Gasteiger partial charge in [0.2, 0.25) is 0 Å². The zero-order valence-corrected chi connectivity index (χ0v) is 16.9. The van der Waals surface area contributed by atoms with Crippen molar-refractivity contribution in [3.63, 3.8) is 0 Å². The van der Waals surface area contributed by atoms with E-state index in [0.29, 0.717) is 5.56 Å². The minimum Gasteiger partial charge on any atom is -0.135 e. The largest absolute Gasteiger partial charge is 0.135 e. The fraction of sp³-hybridized carbons (Fsp3) is 0. The van der Waals surface area contributed by atoms with Crippen LogP contribution >= 0.6 is 11.3 Å². The number of fused-ring (bicyclic) bond motifs is 7. The van der Waals surface area contributed by atoms with Gasteiger partial charge in [0.15, 0.2) is 0 Å². The fourth-order valence-electron chi connectivity index (χ4n) is 4.43. The van der Waals surface area contributed by atoms with Gasteiger partial charge in [-0.2, -0.15) is 0 Å². The molecule has 7 aromatic rings. The Hall–Kier alpha value is -3.68. The molecule has 1 heteroatoms. The Labute approximate surface area is 196 Å². The summed E-state index contributed by atoms with van der Waals surface area (Å²) in [6.45, 7) is 0. The summed E-state index contributed by atoms with van der Waals surface area (Å²) in [4.78, 5) is 0. The molecular weight excluding hydrogens is 392 g/mol. The van der Waals surface area contributed by atoms with Crippen LogP contribution < -0.4 is 0 Å². The van der Waals surface area contributed by atoms with Crippen molar-refractivity contribution in [2.45, 2.75) is 0 Å². The summed E-state index contributed by atoms with van der Waals surface area (Å²) in [5.41, 5.74) is 0.812. The van der Waals surface area contributed by atoms with Gasteiger partial charge < -0.3 is 0 Å². The number of rotatable bonds is 1. The Kier molecular flexibility index (Phi) is 2.18. The van der Waals surface area contributed by atoms with E-state index < -0.39 is 36.3 Å². The summed E-state index contributed by atoms with van der Waals surface area (Å²) in [7, 11) is 0. The van der Waals surface area contributed by atoms with E-state index in [1.807, 2.05) is 36.4 Å². The molecular formula is C30H18S. The van der Waals surface area contributed by atoms with Crippen LogP contribution in [0.25, 0.3) is 63.6 Å². The van der Waals surface area contributed by atoms with Crippen molar-refractivity contribution >= 4 is 63.8 Å². The van der Waals surface area contributed by atoms with Gasteiger partial charge in [-0.25, -0.2) is 0 Å². The van der Waals surface area contributed by atoms with Crippen LogP contribution in [0.3, 0.4) is 0 Å². The number of hydrogen-bond donors (Lipinski definition) is 0. The van der Waals surface area contributed by atoms with Gasteiger partial charge in [-0.05, 0) is 67.7 Å². The van der Waals surface area contributed by atoms with E-state index in [-0.39, 0.29) is 45.2 Å². The molecule has 0 aliphatic carbocycles. The zero-order valence-electron chi connectivity index (χ0n) is 25.1. The highest BCUT2D eigenvalue weighted by atomic mass is 32.1. The van der Waals surface area contributed by atoms with Gasteiger partial charge in [-0.15, -0.1) is 11.3 Å². The van der Waals surface area contributed by atoms with Crippen LogP contribution in [0.1, 0.15) is 12.3 Å². The minimum atomic E-state index is -0.497. The molecule has 0 fully saturated rings. The van der Waals surface area contributed by atoms with Crippen molar-refractivity contribution in [3.05, 3.63) is 109 Å². The van der Waals surface area contributed by atoms with E-state index in [4.69, 9.17) is 12.3 Å². The van der Waals surface area contributed by atoms with Crippen LogP contribution in [0.5, 0.6) is 0 Å². The molecule has 0 spiro atoms. The van der Waals surface area contributed by atoms with E-state index in [2.05, 4.69) is 18.2 Å². The van der Waals surface area contributed by atoms with Crippen molar-refractivity contribution in [2.24, 2.45) is 0 Å². The van der Waals surface area contributed by atoms with Gasteiger partial charge in [0, 0.05) is 20.2 Å². The van der Waals surface area contributed by atoms with E-state index >= 15 is 0 Å². The van der Waals surface area contributed by atoms with Gasteiger partial charge in [-0.3, -0.25) is 0 Å². The van der Waals surface area contributed by atoms with Gasteiger partial charge in [0.05, 0.1) is 12.3 Å². The topological polar surface area (TPSA) is 0 Å². The Morgan fingerprint density at radius 3 is 2.10 bits per heavy atom. The predicted octanol–water partition coefficient (Wildman–Crippen LogP) is 9.18. The summed E-state index contributed by atoms with van der Waals surface area (Å²) < 4.78 is 79.1. The van der Waals surface area contributed by atoms with Crippen molar-refractivity contribution in [1.29, 1.82) is 0 Å². The molecule has 1 aromatic heterocycles. The SMILES string of the molecule is [2H]c1c([2H])c([2H])c2c(-c3ccc4sc5ccc6ccccc6c5c4c3)c3c([2H])c([2H])c([2H])c([2H])c3c([2H])c2c1[2H]. The maximum absolute atomic E-state index is 8.91. The van der Waals surface area contributed by atoms with Crippen LogP contribution in [0.2, 0.25) is 0 Å². The molecule has 0 saturated carbocycles. The summed E-state index contributed by atoms with van der Waals surface area (Å²) in [6.07, 6.45) is 0. The highest BCUT2D eigenvalue weighted by Gasteiger charge is 2.13. The lowest BCUT2D eigenvalue weighted by Crippen LogP contribution is -1.85. The maximum Gasteiger partial charge on any atom is 0.0636 e. The van der Waals surface area contributed by atoms with Crippen LogP contribution in [0.15, 0.2) is 109 Å². The molecule has 31 heavy (non-hydrogen) atoms.